The van der Waals surface area contributed by atoms with Gasteiger partial charge in [-0.25, -0.2) is 4.98 Å². The van der Waals surface area contributed by atoms with Gasteiger partial charge in [0.25, 0.3) is 0 Å². The second-order valence-corrected chi connectivity index (χ2v) is 8.14. The number of carbonyl (C=O) groups is 1. The number of benzene rings is 1. The predicted octanol–water partition coefficient (Wildman–Crippen LogP) is 3.56. The van der Waals surface area contributed by atoms with Crippen LogP contribution >= 0.6 is 34.4 Å². The Morgan fingerprint density at radius 2 is 1.96 bits per heavy atom. The number of aryl methyl sites for hydroxylation is 2. The molecule has 0 atom stereocenters. The number of carboxylic acids is 1. The van der Waals surface area contributed by atoms with Crippen LogP contribution in [0.15, 0.2) is 44.4 Å². The van der Waals surface area contributed by atoms with Gasteiger partial charge in [0.1, 0.15) is 5.01 Å². The Kier molecular flexibility index (Phi) is 5.37. The van der Waals surface area contributed by atoms with Gasteiger partial charge in [-0.3, -0.25) is 4.79 Å². The van der Waals surface area contributed by atoms with Crippen LogP contribution in [-0.4, -0.2) is 26.3 Å². The van der Waals surface area contributed by atoms with Crippen molar-refractivity contribution in [2.45, 2.75) is 27.9 Å². The van der Waals surface area contributed by atoms with E-state index in [2.05, 4.69) is 27.3 Å². The number of hydrogen-bond acceptors (Lipinski definition) is 7. The minimum atomic E-state index is -0.869. The van der Waals surface area contributed by atoms with E-state index in [4.69, 9.17) is 5.11 Å². The Hall–Kier alpha value is -1.77. The van der Waals surface area contributed by atoms with E-state index in [9.17, 15) is 4.79 Å². The smallest absolute Gasteiger partial charge is 0.309 e. The van der Waals surface area contributed by atoms with Crippen LogP contribution in [-0.2, 0) is 24.1 Å². The molecular formula is C15H13N3O2S3. The summed E-state index contributed by atoms with van der Waals surface area (Å²) in [6.07, 6.45) is 1.76. The first-order valence-electron chi connectivity index (χ1n) is 6.89. The van der Waals surface area contributed by atoms with Gasteiger partial charge in [-0.05, 0) is 23.7 Å². The lowest BCUT2D eigenvalue weighted by molar-refractivity contribution is -0.136. The minimum absolute atomic E-state index is 0.0461. The molecule has 0 bridgehead atoms. The van der Waals surface area contributed by atoms with Gasteiger partial charge in [0.15, 0.2) is 8.68 Å². The molecule has 0 aliphatic rings. The molecule has 0 aliphatic heterocycles. The molecule has 8 heteroatoms. The molecule has 0 radical (unpaired) electrons. The summed E-state index contributed by atoms with van der Waals surface area (Å²) in [5.74, 6) is -0.869. The van der Waals surface area contributed by atoms with Crippen molar-refractivity contribution in [3.8, 4) is 0 Å². The molecular weight excluding hydrogens is 350 g/mol. The first-order valence-corrected chi connectivity index (χ1v) is 9.40. The van der Waals surface area contributed by atoms with Crippen molar-refractivity contribution in [3.63, 3.8) is 0 Å². The highest BCUT2D eigenvalue weighted by Crippen LogP contribution is 2.32. The summed E-state index contributed by atoms with van der Waals surface area (Å²) in [5, 5.41) is 19.9. The molecule has 23 heavy (non-hydrogen) atoms. The van der Waals surface area contributed by atoms with Crippen molar-refractivity contribution in [1.29, 1.82) is 0 Å². The summed E-state index contributed by atoms with van der Waals surface area (Å²) in [6, 6.07) is 10.3. The van der Waals surface area contributed by atoms with Gasteiger partial charge >= 0.3 is 5.97 Å². The summed E-state index contributed by atoms with van der Waals surface area (Å²) < 4.78 is 1.64. The van der Waals surface area contributed by atoms with Crippen molar-refractivity contribution < 1.29 is 9.90 Å². The monoisotopic (exact) mass is 363 g/mol. The molecule has 0 aliphatic carbocycles. The summed E-state index contributed by atoms with van der Waals surface area (Å²) in [6.45, 7) is 0. The summed E-state index contributed by atoms with van der Waals surface area (Å²) in [4.78, 5) is 15.0. The maximum Gasteiger partial charge on any atom is 0.309 e. The van der Waals surface area contributed by atoms with Crippen molar-refractivity contribution in [3.05, 3.63) is 52.0 Å². The normalized spacial score (nSPS) is 10.8. The highest BCUT2D eigenvalue weighted by molar-refractivity contribution is 8.02. The Morgan fingerprint density at radius 1 is 1.13 bits per heavy atom. The zero-order chi connectivity index (χ0) is 16.1. The number of nitrogens with zero attached hydrogens (tertiary/aromatic N) is 3. The van der Waals surface area contributed by atoms with Crippen LogP contribution in [0.1, 0.15) is 16.3 Å². The van der Waals surface area contributed by atoms with E-state index >= 15 is 0 Å². The largest absolute Gasteiger partial charge is 0.481 e. The first-order chi connectivity index (χ1) is 11.2. The molecule has 2 heterocycles. The molecule has 2 aromatic heterocycles. The van der Waals surface area contributed by atoms with Gasteiger partial charge in [0, 0.05) is 11.8 Å². The third kappa shape index (κ3) is 4.85. The lowest BCUT2D eigenvalue weighted by Crippen LogP contribution is -1.99. The molecule has 118 valence electrons. The Labute approximate surface area is 145 Å². The van der Waals surface area contributed by atoms with Gasteiger partial charge in [0.2, 0.25) is 0 Å². The maximum absolute atomic E-state index is 10.7. The average molecular weight is 363 g/mol. The second-order valence-electron chi connectivity index (χ2n) is 4.72. The molecule has 1 N–H and O–H groups in total. The van der Waals surface area contributed by atoms with E-state index in [1.54, 1.807) is 16.7 Å². The van der Waals surface area contributed by atoms with Crippen LogP contribution in [0.2, 0.25) is 0 Å². The molecule has 0 fully saturated rings. The molecule has 1 aromatic carbocycles. The van der Waals surface area contributed by atoms with E-state index in [1.165, 1.54) is 28.7 Å². The van der Waals surface area contributed by atoms with Gasteiger partial charge in [-0.15, -0.1) is 21.5 Å². The summed E-state index contributed by atoms with van der Waals surface area (Å²) in [7, 11) is 0. The lowest BCUT2D eigenvalue weighted by atomic mass is 10.1. The molecule has 0 saturated carbocycles. The van der Waals surface area contributed by atoms with E-state index in [0.29, 0.717) is 5.69 Å². The first kappa shape index (κ1) is 16.1. The number of hydrogen-bond donors (Lipinski definition) is 1. The van der Waals surface area contributed by atoms with Crippen molar-refractivity contribution in [2.75, 3.05) is 0 Å². The fraction of sp³-hybridized carbons (Fsp3) is 0.200. The van der Waals surface area contributed by atoms with Crippen LogP contribution in [0, 0.1) is 0 Å². The quantitative estimate of drug-likeness (QED) is 0.692. The average Bonchev–Trinajstić information content (AvgIpc) is 3.16. The maximum atomic E-state index is 10.7. The third-order valence-corrected chi connectivity index (χ3v) is 5.98. The van der Waals surface area contributed by atoms with Crippen LogP contribution < -0.4 is 0 Å². The summed E-state index contributed by atoms with van der Waals surface area (Å²) in [5.41, 5.74) is 1.87. The van der Waals surface area contributed by atoms with E-state index < -0.39 is 5.97 Å². The molecule has 0 amide bonds. The third-order valence-electron chi connectivity index (χ3n) is 2.96. The SMILES string of the molecule is O=C(O)Cc1csc(Sc2nnc(CCc3ccccc3)s2)n1. The van der Waals surface area contributed by atoms with Crippen LogP contribution in [0.25, 0.3) is 0 Å². The second kappa shape index (κ2) is 7.67. The Bertz CT molecular complexity index is 786. The van der Waals surface area contributed by atoms with Crippen LogP contribution in [0.5, 0.6) is 0 Å². The zero-order valence-corrected chi connectivity index (χ0v) is 14.5. The number of aromatic nitrogens is 3. The Balaban J connectivity index is 1.56. The van der Waals surface area contributed by atoms with E-state index in [1.807, 2.05) is 18.2 Å². The van der Waals surface area contributed by atoms with Crippen LogP contribution in [0.4, 0.5) is 0 Å². The predicted molar refractivity (Wildman–Crippen MR) is 91.3 cm³/mol. The number of carboxylic acid groups (broad SMARTS) is 1. The highest BCUT2D eigenvalue weighted by Gasteiger charge is 2.11. The molecule has 3 aromatic rings. The fourth-order valence-electron chi connectivity index (χ4n) is 1.92. The molecule has 5 nitrogen and oxygen atoms in total. The number of thiazole rings is 1. The fourth-order valence-corrected chi connectivity index (χ4v) is 4.85. The minimum Gasteiger partial charge on any atom is -0.481 e. The summed E-state index contributed by atoms with van der Waals surface area (Å²) >= 11 is 4.43. The van der Waals surface area contributed by atoms with Gasteiger partial charge < -0.3 is 5.11 Å². The standard InChI is InChI=1S/C15H13N3O2S3/c19-13(20)8-11-9-21-14(16-11)23-15-18-17-12(22-15)7-6-10-4-2-1-3-5-10/h1-5,9H,6-8H2,(H,19,20). The molecule has 3 rings (SSSR count). The molecule has 0 unspecified atom stereocenters. The van der Waals surface area contributed by atoms with Crippen molar-refractivity contribution >= 4 is 40.4 Å². The van der Waals surface area contributed by atoms with E-state index in [-0.39, 0.29) is 6.42 Å². The highest BCUT2D eigenvalue weighted by atomic mass is 32.2. The zero-order valence-electron chi connectivity index (χ0n) is 12.0. The van der Waals surface area contributed by atoms with Gasteiger partial charge in [-0.1, -0.05) is 41.7 Å². The van der Waals surface area contributed by atoms with Crippen molar-refractivity contribution in [1.82, 2.24) is 15.2 Å². The number of rotatable bonds is 7. The molecule has 0 spiro atoms. The lowest BCUT2D eigenvalue weighted by Gasteiger charge is -1.96. The van der Waals surface area contributed by atoms with E-state index in [0.717, 1.165) is 26.5 Å². The topological polar surface area (TPSA) is 76.0 Å². The molecule has 0 saturated heterocycles. The van der Waals surface area contributed by atoms with Gasteiger partial charge in [0.05, 0.1) is 12.1 Å². The van der Waals surface area contributed by atoms with Crippen molar-refractivity contribution in [2.24, 2.45) is 0 Å². The van der Waals surface area contributed by atoms with Crippen LogP contribution in [0.3, 0.4) is 0 Å². The Morgan fingerprint density at radius 3 is 2.74 bits per heavy atom. The van der Waals surface area contributed by atoms with Gasteiger partial charge in [-0.2, -0.15) is 0 Å². The number of aliphatic carboxylic acids is 1.